The Labute approximate surface area is 180 Å². The molecule has 1 aliphatic heterocycles. The molecule has 0 aromatic carbocycles. The van der Waals surface area contributed by atoms with Crippen LogP contribution in [-0.2, 0) is 25.5 Å². The molecule has 1 aromatic rings. The van der Waals surface area contributed by atoms with Gasteiger partial charge in [-0.3, -0.25) is 14.1 Å². The van der Waals surface area contributed by atoms with Gasteiger partial charge in [-0.1, -0.05) is 35.6 Å². The zero-order valence-corrected chi connectivity index (χ0v) is 17.6. The largest absolute Gasteiger partial charge is 0.463 e. The molecule has 2 aliphatic rings. The van der Waals surface area contributed by atoms with E-state index >= 15 is 0 Å². The maximum atomic E-state index is 12.0. The van der Waals surface area contributed by atoms with Gasteiger partial charge in [0.15, 0.2) is 17.2 Å². The number of hydrogen-bond acceptors (Lipinski definition) is 8. The molecule has 1 N–H and O–H groups in total. The van der Waals surface area contributed by atoms with Crippen molar-refractivity contribution in [1.29, 1.82) is 0 Å². The Morgan fingerprint density at radius 1 is 1.30 bits per heavy atom. The fraction of sp³-hybridized carbons (Fsp3) is 0.263. The quantitative estimate of drug-likeness (QED) is 0.471. The summed E-state index contributed by atoms with van der Waals surface area (Å²) in [6, 6.07) is 0. The Morgan fingerprint density at radius 2 is 2.07 bits per heavy atom. The Bertz CT molecular complexity index is 969. The molecule has 3 rings (SSSR count). The van der Waals surface area contributed by atoms with E-state index < -0.39 is 11.3 Å². The first-order chi connectivity index (χ1) is 14.4. The van der Waals surface area contributed by atoms with Gasteiger partial charge in [-0.05, 0) is 12.8 Å². The van der Waals surface area contributed by atoms with Gasteiger partial charge in [0, 0.05) is 25.7 Å². The van der Waals surface area contributed by atoms with E-state index in [1.165, 1.54) is 31.8 Å². The van der Waals surface area contributed by atoms with Crippen LogP contribution >= 0.6 is 11.8 Å². The Morgan fingerprint density at radius 3 is 2.70 bits per heavy atom. The maximum absolute atomic E-state index is 12.0. The maximum Gasteiger partial charge on any atom is 0.271 e. The number of aromatic nitrogens is 2. The van der Waals surface area contributed by atoms with Crippen LogP contribution in [0, 0.1) is 0 Å². The zero-order valence-electron chi connectivity index (χ0n) is 16.0. The van der Waals surface area contributed by atoms with Gasteiger partial charge in [0.05, 0.1) is 11.3 Å². The first-order valence-electron chi connectivity index (χ1n) is 8.91. The Hall–Kier alpha value is -2.76. The molecule has 1 unspecified atom stereocenters. The van der Waals surface area contributed by atoms with E-state index in [4.69, 9.17) is 9.47 Å². The summed E-state index contributed by atoms with van der Waals surface area (Å²) >= 11 is -1.67. The van der Waals surface area contributed by atoms with Crippen molar-refractivity contribution >= 4 is 39.9 Å². The van der Waals surface area contributed by atoms with Crippen molar-refractivity contribution in [2.45, 2.75) is 26.2 Å². The summed E-state index contributed by atoms with van der Waals surface area (Å²) in [7, 11) is 0. The molecule has 11 heteroatoms. The Kier molecular flexibility index (Phi) is 7.55. The topological polar surface area (TPSA) is 119 Å². The van der Waals surface area contributed by atoms with Crippen molar-refractivity contribution in [3.05, 3.63) is 65.9 Å². The lowest BCUT2D eigenvalue weighted by Crippen LogP contribution is -2.29. The lowest BCUT2D eigenvalue weighted by Gasteiger charge is -2.24. The number of thioether (sulfide) groups is 1. The molecule has 0 bridgehead atoms. The third-order valence-electron chi connectivity index (χ3n) is 4.01. The summed E-state index contributed by atoms with van der Waals surface area (Å²) in [5.41, 5.74) is 1.33. The monoisotopic (exact) mass is 449 g/mol. The number of Topliss-reactive ketones (excluding diaryl/α,β-unsaturated/α-hetero) is 1. The van der Waals surface area contributed by atoms with Crippen LogP contribution in [-0.4, -0.2) is 35.4 Å². The minimum Gasteiger partial charge on any atom is -0.463 e. The van der Waals surface area contributed by atoms with Gasteiger partial charge in [0.2, 0.25) is 5.95 Å². The second-order valence-corrected chi connectivity index (χ2v) is 8.23. The number of carbonyl (C=O) groups is 2. The molecule has 158 valence electrons. The van der Waals surface area contributed by atoms with Crippen LogP contribution in [0.5, 0.6) is 0 Å². The van der Waals surface area contributed by atoms with E-state index in [2.05, 4.69) is 16.0 Å². The second kappa shape index (κ2) is 10.3. The highest BCUT2D eigenvalue weighted by molar-refractivity contribution is 8.14. The number of carbonyl (C=O) groups excluding carboxylic acids is 2. The molecule has 0 spiro atoms. The van der Waals surface area contributed by atoms with Crippen LogP contribution in [0.4, 0.5) is 5.95 Å². The van der Waals surface area contributed by atoms with Crippen molar-refractivity contribution in [3.63, 3.8) is 0 Å². The minimum atomic E-state index is -2.55. The number of anilines is 1. The van der Waals surface area contributed by atoms with Crippen molar-refractivity contribution < 1.29 is 27.8 Å². The highest BCUT2D eigenvalue weighted by atomic mass is 32.2. The number of hydrogen-bond donors (Lipinski definition) is 1. The van der Waals surface area contributed by atoms with Crippen LogP contribution in [0.1, 0.15) is 36.5 Å². The summed E-state index contributed by atoms with van der Waals surface area (Å²) < 4.78 is 33.5. The lowest BCUT2D eigenvalue weighted by molar-refractivity contribution is -0.109. The SMILES string of the molecule is CC(=O)SCC(=O)c1cnc(N(C2=COC=C(CC3=CC=CCC3)O2)S(=O)O)nc1. The van der Waals surface area contributed by atoms with Gasteiger partial charge in [-0.2, -0.15) is 4.31 Å². The Balaban J connectivity index is 1.71. The normalized spacial score (nSPS) is 16.4. The predicted octanol–water partition coefficient (Wildman–Crippen LogP) is 3.24. The van der Waals surface area contributed by atoms with Crippen LogP contribution in [0.2, 0.25) is 0 Å². The molecule has 1 atom stereocenters. The minimum absolute atomic E-state index is 0.0328. The van der Waals surface area contributed by atoms with Gasteiger partial charge >= 0.3 is 0 Å². The molecule has 0 radical (unpaired) electrons. The van der Waals surface area contributed by atoms with Crippen LogP contribution in [0.15, 0.2) is 60.4 Å². The molecule has 1 aliphatic carbocycles. The first-order valence-corrected chi connectivity index (χ1v) is 11.0. The van der Waals surface area contributed by atoms with Crippen LogP contribution in [0.3, 0.4) is 0 Å². The average molecular weight is 450 g/mol. The van der Waals surface area contributed by atoms with Gasteiger partial charge < -0.3 is 9.47 Å². The number of ether oxygens (including phenoxy) is 2. The van der Waals surface area contributed by atoms with E-state index in [1.807, 2.05) is 12.2 Å². The highest BCUT2D eigenvalue weighted by Gasteiger charge is 2.26. The molecular weight excluding hydrogens is 430 g/mol. The van der Waals surface area contributed by atoms with E-state index in [1.54, 1.807) is 0 Å². The van der Waals surface area contributed by atoms with E-state index in [0.29, 0.717) is 12.2 Å². The summed E-state index contributed by atoms with van der Waals surface area (Å²) in [4.78, 5) is 31.0. The van der Waals surface area contributed by atoms with Gasteiger partial charge in [0.25, 0.3) is 17.1 Å². The van der Waals surface area contributed by atoms with Crippen molar-refractivity contribution in [1.82, 2.24) is 9.97 Å². The molecule has 9 nitrogen and oxygen atoms in total. The molecule has 0 saturated heterocycles. The number of rotatable bonds is 8. The molecular formula is C19H19N3O6S2. The van der Waals surface area contributed by atoms with E-state index in [0.717, 1.165) is 34.5 Å². The van der Waals surface area contributed by atoms with Crippen molar-refractivity contribution in [2.75, 3.05) is 10.1 Å². The van der Waals surface area contributed by atoms with Crippen molar-refractivity contribution in [2.24, 2.45) is 0 Å². The lowest BCUT2D eigenvalue weighted by atomic mass is 10.0. The first kappa shape index (κ1) is 21.9. The van der Waals surface area contributed by atoms with Crippen LogP contribution in [0.25, 0.3) is 0 Å². The van der Waals surface area contributed by atoms with Crippen LogP contribution < -0.4 is 4.31 Å². The molecule has 2 heterocycles. The fourth-order valence-electron chi connectivity index (χ4n) is 2.61. The molecule has 0 amide bonds. The molecule has 30 heavy (non-hydrogen) atoms. The summed E-state index contributed by atoms with van der Waals surface area (Å²) in [6.45, 7) is 1.37. The molecule has 0 fully saturated rings. The number of allylic oxidation sites excluding steroid dienone is 4. The van der Waals surface area contributed by atoms with Crippen molar-refractivity contribution in [3.8, 4) is 0 Å². The second-order valence-electron chi connectivity index (χ2n) is 6.25. The standard InChI is InChI=1S/C19H19N3O6S2/c1-13(23)29-12-17(24)15-8-20-19(21-9-15)22(30(25)26)18-11-27-10-16(28-18)7-14-5-3-2-4-6-14/h2-3,5,8-11H,4,6-7,12H2,1H3,(H,25,26). The molecule has 1 aromatic heterocycles. The zero-order chi connectivity index (χ0) is 21.5. The highest BCUT2D eigenvalue weighted by Crippen LogP contribution is 2.28. The summed E-state index contributed by atoms with van der Waals surface area (Å²) in [6.07, 6.45) is 13.4. The average Bonchev–Trinajstić information content (AvgIpc) is 2.73. The predicted molar refractivity (Wildman–Crippen MR) is 112 cm³/mol. The third kappa shape index (κ3) is 5.88. The van der Waals surface area contributed by atoms with E-state index in [9.17, 15) is 18.4 Å². The van der Waals surface area contributed by atoms with Gasteiger partial charge in [0.1, 0.15) is 12.0 Å². The van der Waals surface area contributed by atoms with Gasteiger partial charge in [-0.15, -0.1) is 0 Å². The summed E-state index contributed by atoms with van der Waals surface area (Å²) in [5, 5.41) is -0.173. The number of nitrogens with zero attached hydrogens (tertiary/aromatic N) is 3. The number of ketones is 1. The van der Waals surface area contributed by atoms with E-state index in [-0.39, 0.29) is 34.0 Å². The smallest absolute Gasteiger partial charge is 0.271 e. The fourth-order valence-corrected chi connectivity index (χ4v) is 3.58. The van der Waals surface area contributed by atoms with Gasteiger partial charge in [-0.25, -0.2) is 14.2 Å². The molecule has 0 saturated carbocycles. The summed E-state index contributed by atoms with van der Waals surface area (Å²) in [5.74, 6) is -0.101. The third-order valence-corrected chi connectivity index (χ3v) is 5.48.